The molecule has 124 valence electrons. The van der Waals surface area contributed by atoms with Crippen molar-refractivity contribution in [1.82, 2.24) is 10.2 Å². The van der Waals surface area contributed by atoms with Gasteiger partial charge in [-0.15, -0.1) is 24.0 Å². The zero-order chi connectivity index (χ0) is 15.5. The molecule has 6 heteroatoms. The molecule has 0 atom stereocenters. The molecule has 0 bridgehead atoms. The van der Waals surface area contributed by atoms with Crippen molar-refractivity contribution in [2.45, 2.75) is 26.7 Å². The summed E-state index contributed by atoms with van der Waals surface area (Å²) in [6, 6.07) is 4.28. The summed E-state index contributed by atoms with van der Waals surface area (Å²) >= 11 is 0. The Bertz CT molecular complexity index is 532. The summed E-state index contributed by atoms with van der Waals surface area (Å²) in [5.74, 6) is -0.716. The summed E-state index contributed by atoms with van der Waals surface area (Å²) in [6.07, 6.45) is 1.56. The van der Waals surface area contributed by atoms with Crippen LogP contribution in [0.25, 0.3) is 0 Å². The Morgan fingerprint density at radius 1 is 1.36 bits per heavy atom. The molecule has 1 aromatic rings. The molecule has 3 nitrogen and oxygen atoms in total. The van der Waals surface area contributed by atoms with E-state index in [2.05, 4.69) is 29.1 Å². The highest BCUT2D eigenvalue weighted by molar-refractivity contribution is 14.0. The van der Waals surface area contributed by atoms with E-state index in [1.807, 2.05) is 0 Å². The van der Waals surface area contributed by atoms with Gasteiger partial charge in [0.25, 0.3) is 0 Å². The number of benzene rings is 1. The summed E-state index contributed by atoms with van der Waals surface area (Å²) in [6.45, 7) is 6.94. The van der Waals surface area contributed by atoms with Gasteiger partial charge in [-0.2, -0.15) is 0 Å². The highest BCUT2D eigenvalue weighted by atomic mass is 127. The Kier molecular flexibility index (Phi) is 7.02. The summed E-state index contributed by atoms with van der Waals surface area (Å²) in [4.78, 5) is 6.48. The number of rotatable bonds is 3. The third-order valence-corrected chi connectivity index (χ3v) is 3.90. The van der Waals surface area contributed by atoms with Gasteiger partial charge in [-0.05, 0) is 29.9 Å². The van der Waals surface area contributed by atoms with Gasteiger partial charge in [0.2, 0.25) is 0 Å². The molecule has 1 aliphatic rings. The van der Waals surface area contributed by atoms with Gasteiger partial charge in [0.1, 0.15) is 0 Å². The Balaban J connectivity index is 0.00000242. The normalized spacial score (nSPS) is 17.3. The zero-order valence-corrected chi connectivity index (χ0v) is 15.7. The Morgan fingerprint density at radius 2 is 2.09 bits per heavy atom. The summed E-state index contributed by atoms with van der Waals surface area (Å²) in [5, 5.41) is 3.23. The first-order valence-corrected chi connectivity index (χ1v) is 7.31. The van der Waals surface area contributed by atoms with E-state index in [1.165, 1.54) is 6.07 Å². The van der Waals surface area contributed by atoms with E-state index in [0.717, 1.165) is 31.5 Å². The minimum absolute atomic E-state index is 0. The van der Waals surface area contributed by atoms with Gasteiger partial charge in [0.15, 0.2) is 17.6 Å². The second-order valence-electron chi connectivity index (χ2n) is 6.27. The van der Waals surface area contributed by atoms with Crippen molar-refractivity contribution < 1.29 is 8.78 Å². The molecule has 1 N–H and O–H groups in total. The monoisotopic (exact) mass is 423 g/mol. The van der Waals surface area contributed by atoms with Crippen molar-refractivity contribution in [1.29, 1.82) is 0 Å². The molecule has 0 saturated carbocycles. The number of guanidine groups is 1. The van der Waals surface area contributed by atoms with E-state index < -0.39 is 11.6 Å². The van der Waals surface area contributed by atoms with Crippen molar-refractivity contribution >= 4 is 29.9 Å². The topological polar surface area (TPSA) is 27.6 Å². The molecule has 2 rings (SSSR count). The quantitative estimate of drug-likeness (QED) is 0.459. The van der Waals surface area contributed by atoms with Crippen LogP contribution >= 0.6 is 24.0 Å². The lowest BCUT2D eigenvalue weighted by molar-refractivity contribution is 0.370. The number of hydrogen-bond donors (Lipinski definition) is 1. The molecule has 0 aromatic heterocycles. The highest BCUT2D eigenvalue weighted by Crippen LogP contribution is 2.28. The van der Waals surface area contributed by atoms with Crippen LogP contribution in [0.3, 0.4) is 0 Å². The number of hydrogen-bond acceptors (Lipinski definition) is 1. The van der Waals surface area contributed by atoms with E-state index in [0.29, 0.717) is 23.9 Å². The van der Waals surface area contributed by atoms with Crippen molar-refractivity contribution in [3.8, 4) is 0 Å². The lowest BCUT2D eigenvalue weighted by Gasteiger charge is -2.23. The molecule has 22 heavy (non-hydrogen) atoms. The molecule has 0 radical (unpaired) electrons. The van der Waals surface area contributed by atoms with Gasteiger partial charge in [0, 0.05) is 26.7 Å². The average molecular weight is 423 g/mol. The fourth-order valence-corrected chi connectivity index (χ4v) is 2.68. The Labute approximate surface area is 148 Å². The molecule has 1 saturated heterocycles. The lowest BCUT2D eigenvalue weighted by atomic mass is 9.93. The zero-order valence-electron chi connectivity index (χ0n) is 13.3. The van der Waals surface area contributed by atoms with E-state index in [-0.39, 0.29) is 24.0 Å². The van der Waals surface area contributed by atoms with Crippen LogP contribution in [0.2, 0.25) is 0 Å². The molecule has 1 aromatic carbocycles. The minimum Gasteiger partial charge on any atom is -0.356 e. The first kappa shape index (κ1) is 19.1. The first-order valence-electron chi connectivity index (χ1n) is 7.31. The van der Waals surface area contributed by atoms with E-state index >= 15 is 0 Å². The largest absolute Gasteiger partial charge is 0.356 e. The third kappa shape index (κ3) is 4.79. The minimum atomic E-state index is -0.793. The molecule has 1 fully saturated rings. The third-order valence-electron chi connectivity index (χ3n) is 3.90. The van der Waals surface area contributed by atoms with Crippen LogP contribution in [0, 0.1) is 17.0 Å². The van der Waals surface area contributed by atoms with Crippen molar-refractivity contribution in [2.75, 3.05) is 26.7 Å². The SMILES string of the molecule is CN=C(NCCc1cccc(F)c1F)N1CCC(C)(C)C1.I. The molecular weight excluding hydrogens is 399 g/mol. The summed E-state index contributed by atoms with van der Waals surface area (Å²) < 4.78 is 26.7. The maximum absolute atomic E-state index is 13.6. The molecule has 0 spiro atoms. The number of halogens is 3. The van der Waals surface area contributed by atoms with Gasteiger partial charge in [-0.3, -0.25) is 4.99 Å². The van der Waals surface area contributed by atoms with Crippen LogP contribution in [0.1, 0.15) is 25.8 Å². The average Bonchev–Trinajstić information content (AvgIpc) is 2.79. The molecular formula is C16H24F2IN3. The first-order chi connectivity index (χ1) is 9.93. The van der Waals surface area contributed by atoms with Gasteiger partial charge in [0.05, 0.1) is 0 Å². The maximum atomic E-state index is 13.6. The van der Waals surface area contributed by atoms with Crippen LogP contribution in [0.4, 0.5) is 8.78 Å². The van der Waals surface area contributed by atoms with Gasteiger partial charge >= 0.3 is 0 Å². The van der Waals surface area contributed by atoms with E-state index in [9.17, 15) is 8.78 Å². The van der Waals surface area contributed by atoms with Gasteiger partial charge in [-0.25, -0.2) is 8.78 Å². The summed E-state index contributed by atoms with van der Waals surface area (Å²) in [7, 11) is 1.75. The van der Waals surface area contributed by atoms with Crippen LogP contribution in [0.5, 0.6) is 0 Å². The van der Waals surface area contributed by atoms with Gasteiger partial charge < -0.3 is 10.2 Å². The standard InChI is InChI=1S/C16H23F2N3.HI/c1-16(2)8-10-21(11-16)15(19-3)20-9-7-12-5-4-6-13(17)14(12)18;/h4-6H,7-11H2,1-3H3,(H,19,20);1H. The van der Waals surface area contributed by atoms with Crippen LogP contribution in [0.15, 0.2) is 23.2 Å². The van der Waals surface area contributed by atoms with E-state index in [1.54, 1.807) is 13.1 Å². The van der Waals surface area contributed by atoms with Gasteiger partial charge in [-0.1, -0.05) is 26.0 Å². The smallest absolute Gasteiger partial charge is 0.193 e. The maximum Gasteiger partial charge on any atom is 0.193 e. The number of nitrogens with one attached hydrogen (secondary N) is 1. The van der Waals surface area contributed by atoms with Crippen molar-refractivity contribution in [3.05, 3.63) is 35.4 Å². The second kappa shape index (κ2) is 8.08. The lowest BCUT2D eigenvalue weighted by Crippen LogP contribution is -2.41. The molecule has 1 aliphatic heterocycles. The van der Waals surface area contributed by atoms with E-state index in [4.69, 9.17) is 0 Å². The van der Waals surface area contributed by atoms with Crippen molar-refractivity contribution in [3.63, 3.8) is 0 Å². The predicted octanol–water partition coefficient (Wildman–Crippen LogP) is 3.43. The van der Waals surface area contributed by atoms with Crippen LogP contribution < -0.4 is 5.32 Å². The summed E-state index contributed by atoms with van der Waals surface area (Å²) in [5.41, 5.74) is 0.687. The predicted molar refractivity (Wildman–Crippen MR) is 96.8 cm³/mol. The molecule has 0 amide bonds. The number of aliphatic imine (C=N–C) groups is 1. The molecule has 1 heterocycles. The highest BCUT2D eigenvalue weighted by Gasteiger charge is 2.30. The Morgan fingerprint density at radius 3 is 2.68 bits per heavy atom. The van der Waals surface area contributed by atoms with Crippen LogP contribution in [-0.4, -0.2) is 37.5 Å². The number of nitrogens with zero attached hydrogens (tertiary/aromatic N) is 2. The fraction of sp³-hybridized carbons (Fsp3) is 0.562. The van der Waals surface area contributed by atoms with Crippen LogP contribution in [-0.2, 0) is 6.42 Å². The second-order valence-corrected chi connectivity index (χ2v) is 6.27. The Hall–Kier alpha value is -0.920. The number of likely N-dealkylation sites (tertiary alicyclic amines) is 1. The van der Waals surface area contributed by atoms with Crippen molar-refractivity contribution in [2.24, 2.45) is 10.4 Å². The fourth-order valence-electron chi connectivity index (χ4n) is 2.68. The molecule has 0 aliphatic carbocycles. The molecule has 0 unspecified atom stereocenters.